The van der Waals surface area contributed by atoms with Crippen LogP contribution in [-0.2, 0) is 6.54 Å². The van der Waals surface area contributed by atoms with Crippen molar-refractivity contribution in [1.29, 1.82) is 0 Å². The number of hydrogen-bond donors (Lipinski definition) is 2. The average molecular weight is 458 g/mol. The van der Waals surface area contributed by atoms with E-state index in [2.05, 4.69) is 15.4 Å². The standard InChI is InChI=1S/C24H29F2N5O.CH4/c1-31(2)22-19-8-4-5-9-20(19)29-24(30-22)28-18-13-11-17(12-14-18)27-15-16-7-3-6-10-21(16)32-23(25)26;/h3-10,17-18,23,27H,11-15H2,1-2H3,(H,28,29,30);1H4. The maximum atomic E-state index is 12.6. The summed E-state index contributed by atoms with van der Waals surface area (Å²) in [5.41, 5.74) is 1.67. The highest BCUT2D eigenvalue weighted by Crippen LogP contribution is 2.27. The molecule has 0 unspecified atom stereocenters. The summed E-state index contributed by atoms with van der Waals surface area (Å²) in [5, 5.41) is 8.04. The molecule has 0 saturated heterocycles. The Morgan fingerprint density at radius 2 is 1.64 bits per heavy atom. The van der Waals surface area contributed by atoms with E-state index in [0.717, 1.165) is 48.0 Å². The lowest BCUT2D eigenvalue weighted by Gasteiger charge is -2.30. The normalized spacial score (nSPS) is 18.1. The van der Waals surface area contributed by atoms with Crippen molar-refractivity contribution in [3.63, 3.8) is 0 Å². The minimum atomic E-state index is -2.82. The average Bonchev–Trinajstić information content (AvgIpc) is 2.78. The van der Waals surface area contributed by atoms with Gasteiger partial charge in [-0.25, -0.2) is 4.98 Å². The predicted octanol–water partition coefficient (Wildman–Crippen LogP) is 5.45. The van der Waals surface area contributed by atoms with Crippen molar-refractivity contribution in [1.82, 2.24) is 15.3 Å². The van der Waals surface area contributed by atoms with E-state index in [1.165, 1.54) is 0 Å². The van der Waals surface area contributed by atoms with Crippen LogP contribution in [0.2, 0.25) is 0 Å². The number of para-hydroxylation sites is 2. The number of alkyl halides is 2. The first kappa shape index (κ1) is 24.6. The van der Waals surface area contributed by atoms with Crippen molar-refractivity contribution in [2.75, 3.05) is 24.3 Å². The number of nitrogens with one attached hydrogen (secondary N) is 2. The van der Waals surface area contributed by atoms with Crippen LogP contribution in [0.3, 0.4) is 0 Å². The van der Waals surface area contributed by atoms with Crippen molar-refractivity contribution in [3.05, 3.63) is 54.1 Å². The topological polar surface area (TPSA) is 62.3 Å². The van der Waals surface area contributed by atoms with Crippen molar-refractivity contribution in [3.8, 4) is 5.75 Å². The van der Waals surface area contributed by atoms with Gasteiger partial charge in [0.15, 0.2) is 0 Å². The highest BCUT2D eigenvalue weighted by molar-refractivity contribution is 5.90. The molecule has 8 heteroatoms. The van der Waals surface area contributed by atoms with E-state index < -0.39 is 6.61 Å². The minimum absolute atomic E-state index is 0. The molecule has 1 aliphatic carbocycles. The molecule has 1 heterocycles. The molecule has 1 fully saturated rings. The van der Waals surface area contributed by atoms with Gasteiger partial charge in [0, 0.05) is 43.7 Å². The molecule has 178 valence electrons. The summed E-state index contributed by atoms with van der Waals surface area (Å²) in [6.45, 7) is -2.31. The van der Waals surface area contributed by atoms with Gasteiger partial charge in [-0.3, -0.25) is 0 Å². The smallest absolute Gasteiger partial charge is 0.387 e. The fourth-order valence-electron chi connectivity index (χ4n) is 4.20. The van der Waals surface area contributed by atoms with E-state index in [9.17, 15) is 8.78 Å². The second kappa shape index (κ2) is 11.2. The van der Waals surface area contributed by atoms with Gasteiger partial charge in [-0.1, -0.05) is 37.8 Å². The zero-order valence-corrected chi connectivity index (χ0v) is 18.4. The maximum Gasteiger partial charge on any atom is 0.387 e. The molecule has 0 atom stereocenters. The second-order valence-corrected chi connectivity index (χ2v) is 8.34. The summed E-state index contributed by atoms with van der Waals surface area (Å²) >= 11 is 0. The Balaban J connectivity index is 0.00000306. The molecule has 2 aromatic carbocycles. The summed E-state index contributed by atoms with van der Waals surface area (Å²) in [4.78, 5) is 11.4. The van der Waals surface area contributed by atoms with Gasteiger partial charge in [-0.2, -0.15) is 13.8 Å². The molecule has 0 bridgehead atoms. The molecule has 0 aliphatic heterocycles. The molecule has 3 aromatic rings. The number of fused-ring (bicyclic) bond motifs is 1. The molecule has 0 radical (unpaired) electrons. The Kier molecular flexibility index (Phi) is 8.38. The molecular formula is C25H33F2N5O. The van der Waals surface area contributed by atoms with Crippen LogP contribution in [0.1, 0.15) is 38.7 Å². The lowest BCUT2D eigenvalue weighted by atomic mass is 9.91. The fraction of sp³-hybridized carbons (Fsp3) is 0.440. The highest BCUT2D eigenvalue weighted by atomic mass is 19.3. The van der Waals surface area contributed by atoms with Crippen LogP contribution in [-0.4, -0.2) is 42.8 Å². The van der Waals surface area contributed by atoms with Gasteiger partial charge in [-0.05, 0) is 43.9 Å². The number of halogens is 2. The number of nitrogens with zero attached hydrogens (tertiary/aromatic N) is 3. The van der Waals surface area contributed by atoms with Crippen molar-refractivity contribution in [2.45, 2.75) is 58.3 Å². The number of rotatable bonds is 8. The number of hydrogen-bond acceptors (Lipinski definition) is 6. The Bertz CT molecular complexity index is 1040. The number of aromatic nitrogens is 2. The van der Waals surface area contributed by atoms with Crippen molar-refractivity contribution in [2.24, 2.45) is 0 Å². The first-order valence-corrected chi connectivity index (χ1v) is 11.0. The van der Waals surface area contributed by atoms with Gasteiger partial charge in [0.25, 0.3) is 0 Å². The lowest BCUT2D eigenvalue weighted by Crippen LogP contribution is -2.37. The van der Waals surface area contributed by atoms with Gasteiger partial charge in [0.1, 0.15) is 11.6 Å². The molecule has 4 rings (SSSR count). The van der Waals surface area contributed by atoms with Gasteiger partial charge in [0.2, 0.25) is 5.95 Å². The van der Waals surface area contributed by atoms with Crippen LogP contribution in [0.4, 0.5) is 20.5 Å². The number of ether oxygens (including phenoxy) is 1. The maximum absolute atomic E-state index is 12.6. The SMILES string of the molecule is C.CN(C)c1nc(NC2CCC(NCc3ccccc3OC(F)F)CC2)nc2ccccc12. The highest BCUT2D eigenvalue weighted by Gasteiger charge is 2.22. The molecule has 6 nitrogen and oxygen atoms in total. The Labute approximate surface area is 194 Å². The van der Waals surface area contributed by atoms with Crippen LogP contribution >= 0.6 is 0 Å². The van der Waals surface area contributed by atoms with E-state index in [-0.39, 0.29) is 13.2 Å². The van der Waals surface area contributed by atoms with Crippen LogP contribution in [0.5, 0.6) is 5.75 Å². The van der Waals surface area contributed by atoms with Crippen LogP contribution < -0.4 is 20.3 Å². The summed E-state index contributed by atoms with van der Waals surface area (Å²) < 4.78 is 29.8. The van der Waals surface area contributed by atoms with Crippen molar-refractivity contribution < 1.29 is 13.5 Å². The Morgan fingerprint density at radius 1 is 0.970 bits per heavy atom. The van der Waals surface area contributed by atoms with E-state index in [1.54, 1.807) is 12.1 Å². The van der Waals surface area contributed by atoms with E-state index >= 15 is 0 Å². The van der Waals surface area contributed by atoms with Crippen LogP contribution in [0, 0.1) is 0 Å². The molecule has 0 spiro atoms. The molecule has 1 aliphatic rings. The molecule has 2 N–H and O–H groups in total. The number of anilines is 2. The monoisotopic (exact) mass is 457 g/mol. The van der Waals surface area contributed by atoms with Gasteiger partial charge < -0.3 is 20.3 Å². The quantitative estimate of drug-likeness (QED) is 0.469. The van der Waals surface area contributed by atoms with Gasteiger partial charge >= 0.3 is 6.61 Å². The van der Waals surface area contributed by atoms with E-state index in [4.69, 9.17) is 9.97 Å². The third-order valence-corrected chi connectivity index (χ3v) is 5.84. The second-order valence-electron chi connectivity index (χ2n) is 8.34. The summed E-state index contributed by atoms with van der Waals surface area (Å²) in [6.07, 6.45) is 3.95. The van der Waals surface area contributed by atoms with E-state index in [0.29, 0.717) is 24.6 Å². The molecule has 1 aromatic heterocycles. The zero-order chi connectivity index (χ0) is 22.5. The molecular weight excluding hydrogens is 424 g/mol. The summed E-state index contributed by atoms with van der Waals surface area (Å²) in [7, 11) is 3.97. The lowest BCUT2D eigenvalue weighted by molar-refractivity contribution is -0.0505. The van der Waals surface area contributed by atoms with E-state index in [1.807, 2.05) is 55.4 Å². The first-order chi connectivity index (χ1) is 15.5. The third-order valence-electron chi connectivity index (χ3n) is 5.84. The van der Waals surface area contributed by atoms with Gasteiger partial charge in [-0.15, -0.1) is 0 Å². The Morgan fingerprint density at radius 3 is 2.36 bits per heavy atom. The number of benzene rings is 2. The summed E-state index contributed by atoms with van der Waals surface area (Å²) in [5.74, 6) is 1.79. The third kappa shape index (κ3) is 6.28. The molecule has 0 amide bonds. The largest absolute Gasteiger partial charge is 0.434 e. The Hall–Kier alpha value is -3.00. The predicted molar refractivity (Wildman–Crippen MR) is 130 cm³/mol. The van der Waals surface area contributed by atoms with Crippen LogP contribution in [0.25, 0.3) is 10.9 Å². The molecule has 1 saturated carbocycles. The van der Waals surface area contributed by atoms with Crippen molar-refractivity contribution >= 4 is 22.7 Å². The first-order valence-electron chi connectivity index (χ1n) is 11.0. The zero-order valence-electron chi connectivity index (χ0n) is 18.4. The fourth-order valence-corrected chi connectivity index (χ4v) is 4.20. The summed E-state index contributed by atoms with van der Waals surface area (Å²) in [6, 6.07) is 15.6. The van der Waals surface area contributed by atoms with Crippen LogP contribution in [0.15, 0.2) is 48.5 Å². The molecule has 33 heavy (non-hydrogen) atoms. The van der Waals surface area contributed by atoms with Gasteiger partial charge in [0.05, 0.1) is 5.52 Å². The minimum Gasteiger partial charge on any atom is -0.434 e.